The van der Waals surface area contributed by atoms with Crippen LogP contribution in [0, 0.1) is 0 Å². The molecule has 1 N–H and O–H groups in total. The Balaban J connectivity index is 1.25. The number of thiazole rings is 1. The zero-order chi connectivity index (χ0) is 22.2. The molecule has 4 heterocycles. The van der Waals surface area contributed by atoms with Gasteiger partial charge in [-0.2, -0.15) is 4.98 Å². The van der Waals surface area contributed by atoms with Crippen molar-refractivity contribution < 1.29 is 4.79 Å². The van der Waals surface area contributed by atoms with Gasteiger partial charge in [0.25, 0.3) is 0 Å². The van der Waals surface area contributed by atoms with E-state index in [1.165, 1.54) is 42.5 Å². The van der Waals surface area contributed by atoms with Crippen molar-refractivity contribution in [2.24, 2.45) is 0 Å². The van der Waals surface area contributed by atoms with E-state index in [1.54, 1.807) is 11.3 Å². The van der Waals surface area contributed by atoms with Crippen molar-refractivity contribution in [3.63, 3.8) is 0 Å². The molecule has 4 aliphatic rings. The molecule has 0 radical (unpaired) electrons. The Bertz CT molecular complexity index is 1010. The molecule has 2 saturated heterocycles. The first kappa shape index (κ1) is 21.3. The third-order valence-electron chi connectivity index (χ3n) is 7.89. The van der Waals surface area contributed by atoms with E-state index in [-0.39, 0.29) is 11.9 Å². The number of fused-ring (bicyclic) bond motifs is 1. The van der Waals surface area contributed by atoms with Crippen LogP contribution in [0.3, 0.4) is 0 Å². The molecule has 176 valence electrons. The molecular formula is C25H34N6OS. The number of hydrogen-bond donors (Lipinski definition) is 1. The molecule has 2 aliphatic heterocycles. The maximum Gasteiger partial charge on any atom is 0.245 e. The van der Waals surface area contributed by atoms with Gasteiger partial charge in [-0.3, -0.25) is 4.79 Å². The number of piperidine rings is 1. The highest BCUT2D eigenvalue weighted by atomic mass is 32.1. The fourth-order valence-corrected chi connectivity index (χ4v) is 7.07. The van der Waals surface area contributed by atoms with Gasteiger partial charge < -0.3 is 15.1 Å². The molecule has 0 spiro atoms. The SMILES string of the molecule is O=C(C1CCCN1c1nc2c(c(Nc3ncc(C4CCCC4)s3)n1)CCC2)N1CCCCC1. The van der Waals surface area contributed by atoms with E-state index in [1.807, 2.05) is 0 Å². The number of nitrogens with zero attached hydrogens (tertiary/aromatic N) is 5. The van der Waals surface area contributed by atoms with Crippen molar-refractivity contribution in [2.45, 2.75) is 89.0 Å². The number of hydrogen-bond acceptors (Lipinski definition) is 7. The summed E-state index contributed by atoms with van der Waals surface area (Å²) in [6.07, 6.45) is 15.8. The first-order chi connectivity index (χ1) is 16.3. The first-order valence-electron chi connectivity index (χ1n) is 12.9. The van der Waals surface area contributed by atoms with E-state index in [0.29, 0.717) is 5.92 Å². The molecule has 1 amide bonds. The maximum absolute atomic E-state index is 13.3. The lowest BCUT2D eigenvalue weighted by molar-refractivity contribution is -0.133. The Hall–Kier alpha value is -2.22. The quantitative estimate of drug-likeness (QED) is 0.682. The average Bonchev–Trinajstić information content (AvgIpc) is 3.65. The molecule has 1 atom stereocenters. The number of rotatable bonds is 5. The molecular weight excluding hydrogens is 432 g/mol. The number of carbonyl (C=O) groups is 1. The van der Waals surface area contributed by atoms with Crippen molar-refractivity contribution in [3.05, 3.63) is 22.3 Å². The van der Waals surface area contributed by atoms with Gasteiger partial charge in [0.1, 0.15) is 11.9 Å². The number of carbonyl (C=O) groups excluding carboxylic acids is 1. The van der Waals surface area contributed by atoms with Gasteiger partial charge in [0, 0.05) is 36.3 Å². The normalized spacial score (nSPS) is 23.3. The molecule has 7 nitrogen and oxygen atoms in total. The number of aryl methyl sites for hydroxylation is 1. The van der Waals surface area contributed by atoms with Crippen LogP contribution in [0.2, 0.25) is 0 Å². The fraction of sp³-hybridized carbons (Fsp3) is 0.680. The molecule has 8 heteroatoms. The Kier molecular flexibility index (Phi) is 5.94. The van der Waals surface area contributed by atoms with Crippen LogP contribution in [0.5, 0.6) is 0 Å². The summed E-state index contributed by atoms with van der Waals surface area (Å²) in [6, 6.07) is -0.121. The highest BCUT2D eigenvalue weighted by Gasteiger charge is 2.36. The van der Waals surface area contributed by atoms with Crippen molar-refractivity contribution in [3.8, 4) is 0 Å². The van der Waals surface area contributed by atoms with Gasteiger partial charge in [-0.05, 0) is 70.1 Å². The maximum atomic E-state index is 13.3. The van der Waals surface area contributed by atoms with Gasteiger partial charge in [-0.15, -0.1) is 11.3 Å². The number of nitrogens with one attached hydrogen (secondary N) is 1. The van der Waals surface area contributed by atoms with Crippen LogP contribution in [0.1, 0.15) is 86.3 Å². The summed E-state index contributed by atoms with van der Waals surface area (Å²) >= 11 is 1.78. The molecule has 2 aliphatic carbocycles. The highest BCUT2D eigenvalue weighted by molar-refractivity contribution is 7.15. The molecule has 2 aromatic heterocycles. The van der Waals surface area contributed by atoms with E-state index >= 15 is 0 Å². The van der Waals surface area contributed by atoms with Crippen LogP contribution in [0.15, 0.2) is 6.20 Å². The Morgan fingerprint density at radius 2 is 1.79 bits per heavy atom. The Labute approximate surface area is 200 Å². The van der Waals surface area contributed by atoms with Crippen molar-refractivity contribution in [2.75, 3.05) is 29.9 Å². The van der Waals surface area contributed by atoms with Gasteiger partial charge in [-0.1, -0.05) is 12.8 Å². The molecule has 6 rings (SSSR count). The molecule has 33 heavy (non-hydrogen) atoms. The number of anilines is 3. The third-order valence-corrected chi connectivity index (χ3v) is 8.97. The number of likely N-dealkylation sites (tertiary alicyclic amines) is 1. The number of amides is 1. The third kappa shape index (κ3) is 4.22. The highest BCUT2D eigenvalue weighted by Crippen LogP contribution is 2.39. The summed E-state index contributed by atoms with van der Waals surface area (Å²) in [6.45, 7) is 2.65. The molecule has 3 fully saturated rings. The molecule has 0 bridgehead atoms. The minimum Gasteiger partial charge on any atom is -0.341 e. The van der Waals surface area contributed by atoms with Crippen molar-refractivity contribution in [1.29, 1.82) is 0 Å². The zero-order valence-electron chi connectivity index (χ0n) is 19.4. The summed E-state index contributed by atoms with van der Waals surface area (Å²) in [4.78, 5) is 33.6. The second-order valence-corrected chi connectivity index (χ2v) is 11.1. The van der Waals surface area contributed by atoms with Gasteiger partial charge in [0.2, 0.25) is 11.9 Å². The van der Waals surface area contributed by atoms with Crippen molar-refractivity contribution in [1.82, 2.24) is 19.9 Å². The van der Waals surface area contributed by atoms with Crippen LogP contribution in [-0.4, -0.2) is 51.4 Å². The first-order valence-corrected chi connectivity index (χ1v) is 13.8. The summed E-state index contributed by atoms with van der Waals surface area (Å²) in [5.74, 6) is 2.57. The topological polar surface area (TPSA) is 74.2 Å². The van der Waals surface area contributed by atoms with E-state index in [2.05, 4.69) is 26.3 Å². The lowest BCUT2D eigenvalue weighted by Crippen LogP contribution is -2.48. The molecule has 2 aromatic rings. The summed E-state index contributed by atoms with van der Waals surface area (Å²) in [5.41, 5.74) is 2.38. The van der Waals surface area contributed by atoms with Crippen LogP contribution in [0.25, 0.3) is 0 Å². The van der Waals surface area contributed by atoms with Crippen LogP contribution in [0.4, 0.5) is 16.9 Å². The van der Waals surface area contributed by atoms with Gasteiger partial charge in [-0.25, -0.2) is 9.97 Å². The van der Waals surface area contributed by atoms with E-state index in [4.69, 9.17) is 9.97 Å². The average molecular weight is 467 g/mol. The van der Waals surface area contributed by atoms with Crippen molar-refractivity contribution >= 4 is 34.1 Å². The van der Waals surface area contributed by atoms with Crippen LogP contribution >= 0.6 is 11.3 Å². The lowest BCUT2D eigenvalue weighted by atomic mass is 10.1. The second kappa shape index (κ2) is 9.20. The van der Waals surface area contributed by atoms with Gasteiger partial charge in [0.05, 0.1) is 5.69 Å². The summed E-state index contributed by atoms with van der Waals surface area (Å²) in [7, 11) is 0. The van der Waals surface area contributed by atoms with Gasteiger partial charge in [0.15, 0.2) is 5.13 Å². The monoisotopic (exact) mass is 466 g/mol. The smallest absolute Gasteiger partial charge is 0.245 e. The van der Waals surface area contributed by atoms with E-state index < -0.39 is 0 Å². The lowest BCUT2D eigenvalue weighted by Gasteiger charge is -2.32. The fourth-order valence-electron chi connectivity index (χ4n) is 6.08. The predicted molar refractivity (Wildman–Crippen MR) is 131 cm³/mol. The van der Waals surface area contributed by atoms with Crippen LogP contribution < -0.4 is 10.2 Å². The molecule has 0 aromatic carbocycles. The summed E-state index contributed by atoms with van der Waals surface area (Å²) in [5, 5.41) is 4.48. The minimum atomic E-state index is -0.121. The molecule has 1 saturated carbocycles. The Morgan fingerprint density at radius 3 is 2.64 bits per heavy atom. The van der Waals surface area contributed by atoms with E-state index in [9.17, 15) is 4.79 Å². The van der Waals surface area contributed by atoms with Gasteiger partial charge >= 0.3 is 0 Å². The standard InChI is InChI=1S/C25H34N6OS/c32-23(30-13-4-1-5-14-30)20-12-7-15-31(20)24-27-19-11-6-10-18(19)22(28-24)29-25-26-16-21(33-25)17-8-2-3-9-17/h16-17,20H,1-15H2,(H,26,27,28,29). The largest absolute Gasteiger partial charge is 0.341 e. The number of aromatic nitrogens is 3. The second-order valence-electron chi connectivity index (χ2n) is 10.1. The zero-order valence-corrected chi connectivity index (χ0v) is 20.2. The summed E-state index contributed by atoms with van der Waals surface area (Å²) < 4.78 is 0. The van der Waals surface area contributed by atoms with Crippen LogP contribution in [-0.2, 0) is 17.6 Å². The molecule has 1 unspecified atom stereocenters. The predicted octanol–water partition coefficient (Wildman–Crippen LogP) is 4.80. The minimum absolute atomic E-state index is 0.121. The Morgan fingerprint density at radius 1 is 0.939 bits per heavy atom. The van der Waals surface area contributed by atoms with E-state index in [0.717, 1.165) is 87.2 Å².